The Morgan fingerprint density at radius 3 is 2.76 bits per heavy atom. The molecule has 0 radical (unpaired) electrons. The molecule has 21 heavy (non-hydrogen) atoms. The van der Waals surface area contributed by atoms with Gasteiger partial charge in [-0.05, 0) is 24.3 Å². The summed E-state index contributed by atoms with van der Waals surface area (Å²) in [6.07, 6.45) is 3.28. The highest BCUT2D eigenvalue weighted by Crippen LogP contribution is 2.23. The average Bonchev–Trinajstić information content (AvgIpc) is 2.53. The normalized spacial score (nSPS) is 10.5. The van der Waals surface area contributed by atoms with E-state index in [-0.39, 0.29) is 0 Å². The fourth-order valence-electron chi connectivity index (χ4n) is 2.03. The van der Waals surface area contributed by atoms with Crippen LogP contribution in [0.1, 0.15) is 5.56 Å². The summed E-state index contributed by atoms with van der Waals surface area (Å²) in [4.78, 5) is 15.3. The molecule has 0 saturated heterocycles. The third kappa shape index (κ3) is 2.66. The molecular formula is C15H13N5S. The number of rotatable bonds is 3. The van der Waals surface area contributed by atoms with Crippen molar-refractivity contribution in [2.24, 2.45) is 5.73 Å². The van der Waals surface area contributed by atoms with E-state index in [4.69, 9.17) is 18.0 Å². The van der Waals surface area contributed by atoms with Gasteiger partial charge in [-0.3, -0.25) is 4.98 Å². The molecule has 1 aromatic carbocycles. The molecule has 0 saturated carbocycles. The van der Waals surface area contributed by atoms with E-state index in [0.29, 0.717) is 10.6 Å². The highest BCUT2D eigenvalue weighted by Gasteiger charge is 2.08. The monoisotopic (exact) mass is 295 g/mol. The molecule has 0 unspecified atom stereocenters. The van der Waals surface area contributed by atoms with Crippen LogP contribution in [-0.2, 0) is 0 Å². The smallest absolute Gasteiger partial charge is 0.180 e. The highest BCUT2D eigenvalue weighted by molar-refractivity contribution is 7.80. The first-order valence-corrected chi connectivity index (χ1v) is 6.77. The second kappa shape index (κ2) is 5.41. The van der Waals surface area contributed by atoms with Gasteiger partial charge in [-0.1, -0.05) is 24.4 Å². The molecule has 3 rings (SSSR count). The maximum Gasteiger partial charge on any atom is 0.180 e. The Kier molecular flexibility index (Phi) is 3.45. The van der Waals surface area contributed by atoms with Crippen LogP contribution in [0.3, 0.4) is 0 Å². The molecule has 0 aliphatic heterocycles. The number of benzene rings is 1. The van der Waals surface area contributed by atoms with Crippen molar-refractivity contribution < 1.29 is 0 Å². The van der Waals surface area contributed by atoms with Crippen molar-refractivity contribution in [2.75, 3.05) is 11.9 Å². The van der Waals surface area contributed by atoms with E-state index in [1.54, 1.807) is 12.4 Å². The highest BCUT2D eigenvalue weighted by atomic mass is 32.1. The number of anilines is 2. The molecule has 0 fully saturated rings. The van der Waals surface area contributed by atoms with Gasteiger partial charge in [0.15, 0.2) is 5.65 Å². The molecule has 0 aliphatic rings. The minimum atomic E-state index is 0.377. The van der Waals surface area contributed by atoms with Crippen LogP contribution in [0.2, 0.25) is 0 Å². The summed E-state index contributed by atoms with van der Waals surface area (Å²) >= 11 is 5.01. The Hall–Kier alpha value is -2.60. The molecule has 6 heteroatoms. The van der Waals surface area contributed by atoms with E-state index in [2.05, 4.69) is 15.0 Å². The van der Waals surface area contributed by atoms with Crippen molar-refractivity contribution in [3.63, 3.8) is 0 Å². The average molecular weight is 295 g/mol. The van der Waals surface area contributed by atoms with Gasteiger partial charge in [-0.2, -0.15) is 0 Å². The molecule has 0 spiro atoms. The van der Waals surface area contributed by atoms with Crippen LogP contribution in [0, 0.1) is 0 Å². The number of hydrogen-bond acceptors (Lipinski definition) is 5. The number of pyridine rings is 1. The van der Waals surface area contributed by atoms with E-state index in [9.17, 15) is 0 Å². The zero-order valence-corrected chi connectivity index (χ0v) is 12.2. The summed E-state index contributed by atoms with van der Waals surface area (Å²) in [5, 5.41) is 0. The Morgan fingerprint density at radius 1 is 1.14 bits per heavy atom. The first-order valence-electron chi connectivity index (χ1n) is 6.36. The SMILES string of the molecule is CN(c1cccc(C(N)=S)c1)c1ccc2nccnc2n1. The van der Waals surface area contributed by atoms with Crippen LogP contribution in [0.25, 0.3) is 11.2 Å². The minimum absolute atomic E-state index is 0.377. The van der Waals surface area contributed by atoms with Gasteiger partial charge in [0, 0.05) is 30.7 Å². The number of fused-ring (bicyclic) bond motifs is 1. The molecule has 0 aliphatic carbocycles. The van der Waals surface area contributed by atoms with Gasteiger partial charge in [0.25, 0.3) is 0 Å². The summed E-state index contributed by atoms with van der Waals surface area (Å²) in [6, 6.07) is 11.5. The first kappa shape index (κ1) is 13.4. The topological polar surface area (TPSA) is 67.9 Å². The summed E-state index contributed by atoms with van der Waals surface area (Å²) in [5.74, 6) is 0.781. The minimum Gasteiger partial charge on any atom is -0.389 e. The molecule has 5 nitrogen and oxygen atoms in total. The van der Waals surface area contributed by atoms with Crippen LogP contribution < -0.4 is 10.6 Å². The van der Waals surface area contributed by atoms with Crippen molar-refractivity contribution in [1.82, 2.24) is 15.0 Å². The van der Waals surface area contributed by atoms with Crippen molar-refractivity contribution >= 4 is 39.9 Å². The Morgan fingerprint density at radius 2 is 1.95 bits per heavy atom. The fourth-order valence-corrected chi connectivity index (χ4v) is 2.16. The maximum absolute atomic E-state index is 5.67. The maximum atomic E-state index is 5.67. The van der Waals surface area contributed by atoms with Crippen LogP contribution in [0.5, 0.6) is 0 Å². The molecule has 2 N–H and O–H groups in total. The van der Waals surface area contributed by atoms with Gasteiger partial charge in [-0.15, -0.1) is 0 Å². The zero-order chi connectivity index (χ0) is 14.8. The quantitative estimate of drug-likeness (QED) is 0.748. The standard InChI is InChI=1S/C15H13N5S/c1-20(11-4-2-3-10(9-11)14(16)21)13-6-5-12-15(19-13)18-8-7-17-12/h2-9H,1H3,(H2,16,21). The van der Waals surface area contributed by atoms with E-state index in [1.165, 1.54) is 0 Å². The lowest BCUT2D eigenvalue weighted by molar-refractivity contribution is 1.12. The largest absolute Gasteiger partial charge is 0.389 e. The first-order chi connectivity index (χ1) is 10.1. The Balaban J connectivity index is 2.01. The fraction of sp³-hybridized carbons (Fsp3) is 0.0667. The van der Waals surface area contributed by atoms with Gasteiger partial charge in [0.1, 0.15) is 16.3 Å². The van der Waals surface area contributed by atoms with Crippen molar-refractivity contribution in [2.45, 2.75) is 0 Å². The summed E-state index contributed by atoms with van der Waals surface area (Å²) < 4.78 is 0. The van der Waals surface area contributed by atoms with Crippen LogP contribution in [-0.4, -0.2) is 27.0 Å². The third-order valence-corrected chi connectivity index (χ3v) is 3.41. The number of thiocarbonyl (C=S) groups is 1. The lowest BCUT2D eigenvalue weighted by Crippen LogP contribution is -2.14. The van der Waals surface area contributed by atoms with E-state index in [0.717, 1.165) is 22.6 Å². The number of aromatic nitrogens is 3. The summed E-state index contributed by atoms with van der Waals surface area (Å²) in [6.45, 7) is 0. The van der Waals surface area contributed by atoms with Gasteiger partial charge < -0.3 is 10.6 Å². The number of nitrogens with two attached hydrogens (primary N) is 1. The molecule has 0 bridgehead atoms. The zero-order valence-electron chi connectivity index (χ0n) is 11.4. The van der Waals surface area contributed by atoms with Crippen LogP contribution in [0.4, 0.5) is 11.5 Å². The molecule has 104 valence electrons. The predicted octanol–water partition coefficient (Wildman–Crippen LogP) is 2.43. The molecule has 0 amide bonds. The predicted molar refractivity (Wildman–Crippen MR) is 87.7 cm³/mol. The molecule has 3 aromatic rings. The van der Waals surface area contributed by atoms with Gasteiger partial charge in [0.2, 0.25) is 0 Å². The lowest BCUT2D eigenvalue weighted by Gasteiger charge is -2.19. The van der Waals surface area contributed by atoms with Crippen molar-refractivity contribution in [3.8, 4) is 0 Å². The third-order valence-electron chi connectivity index (χ3n) is 3.18. The van der Waals surface area contributed by atoms with Crippen LogP contribution in [0.15, 0.2) is 48.8 Å². The molecule has 2 heterocycles. The van der Waals surface area contributed by atoms with Crippen LogP contribution >= 0.6 is 12.2 Å². The second-order valence-corrected chi connectivity index (χ2v) is 4.98. The number of nitrogens with zero attached hydrogens (tertiary/aromatic N) is 4. The van der Waals surface area contributed by atoms with E-state index >= 15 is 0 Å². The van der Waals surface area contributed by atoms with Gasteiger partial charge >= 0.3 is 0 Å². The lowest BCUT2D eigenvalue weighted by atomic mass is 10.2. The molecule has 2 aromatic heterocycles. The Labute approximate surface area is 127 Å². The number of hydrogen-bond donors (Lipinski definition) is 1. The van der Waals surface area contributed by atoms with E-state index < -0.39 is 0 Å². The molecular weight excluding hydrogens is 282 g/mol. The van der Waals surface area contributed by atoms with E-state index in [1.807, 2.05) is 48.3 Å². The molecule has 0 atom stereocenters. The Bertz CT molecular complexity index is 818. The van der Waals surface area contributed by atoms with Crippen molar-refractivity contribution in [1.29, 1.82) is 0 Å². The van der Waals surface area contributed by atoms with Gasteiger partial charge in [0.05, 0.1) is 0 Å². The summed E-state index contributed by atoms with van der Waals surface area (Å²) in [5.41, 5.74) is 8.85. The second-order valence-electron chi connectivity index (χ2n) is 4.54. The van der Waals surface area contributed by atoms with Crippen molar-refractivity contribution in [3.05, 3.63) is 54.4 Å². The summed E-state index contributed by atoms with van der Waals surface area (Å²) in [7, 11) is 1.93. The van der Waals surface area contributed by atoms with Gasteiger partial charge in [-0.25, -0.2) is 9.97 Å².